The van der Waals surface area contributed by atoms with Crippen LogP contribution in [0.4, 0.5) is 0 Å². The zero-order chi connectivity index (χ0) is 64.4. The van der Waals surface area contributed by atoms with Crippen molar-refractivity contribution in [2.75, 3.05) is 27.2 Å². The quantitative estimate of drug-likeness (QED) is 0.0316. The molecule has 0 aliphatic carbocycles. The number of aliphatic hydroxyl groups excluding tert-OH is 3. The molecule has 12 amide bonds. The number of methoxy groups -OCH3 is 1. The van der Waals surface area contributed by atoms with E-state index in [4.69, 9.17) is 27.8 Å². The number of hydrogen-bond donors (Lipinski definition) is 13. The van der Waals surface area contributed by atoms with Crippen LogP contribution in [0, 0.1) is 11.8 Å². The first-order valence-corrected chi connectivity index (χ1v) is 29.8. The molecular weight excluding hydrogens is 1130 g/mol. The van der Waals surface area contributed by atoms with Crippen molar-refractivity contribution in [1.82, 2.24) is 52.3 Å². The van der Waals surface area contributed by atoms with Crippen molar-refractivity contribution in [3.8, 4) is 0 Å². The molecule has 2 aliphatic heterocycles. The summed E-state index contributed by atoms with van der Waals surface area (Å²) in [6, 6.07) is -12.8. The predicted molar refractivity (Wildman–Crippen MR) is 311 cm³/mol. The molecule has 2 rings (SSSR count). The molecule has 0 saturated carbocycles. The molecule has 0 aromatic rings. The largest absolute Gasteiger partial charge is 0.391 e. The lowest BCUT2D eigenvalue weighted by atomic mass is 9.90. The van der Waals surface area contributed by atoms with Gasteiger partial charge in [-0.25, -0.2) is 0 Å². The lowest BCUT2D eigenvalue weighted by Crippen LogP contribution is -2.62. The number of primary amides is 2. The van der Waals surface area contributed by atoms with E-state index >= 15 is 0 Å². The number of ether oxygens (including phenoxy) is 1. The van der Waals surface area contributed by atoms with Gasteiger partial charge >= 0.3 is 0 Å². The van der Waals surface area contributed by atoms with E-state index < -0.39 is 187 Å². The number of unbranched alkanes of at least 4 members (excludes halogenated alkanes) is 6. The number of amides is 12. The molecule has 0 bridgehead atoms. The first-order valence-electron chi connectivity index (χ1n) is 29.3. The molecule has 29 heteroatoms. The van der Waals surface area contributed by atoms with Crippen LogP contribution < -0.4 is 54.0 Å². The highest BCUT2D eigenvalue weighted by Crippen LogP contribution is 2.25. The predicted octanol–water partition coefficient (Wildman–Crippen LogP) is -2.02. The number of rotatable bonds is 22. The summed E-state index contributed by atoms with van der Waals surface area (Å²) in [5.41, 5.74) is 10.5. The van der Waals surface area contributed by atoms with Crippen LogP contribution in [0.2, 0.25) is 0 Å². The van der Waals surface area contributed by atoms with Crippen molar-refractivity contribution in [2.45, 2.75) is 230 Å². The highest BCUT2D eigenvalue weighted by molar-refractivity contribution is 6.20. The number of allylic oxidation sites excluding steroid dienone is 1. The Morgan fingerprint density at radius 3 is 1.81 bits per heavy atom. The van der Waals surface area contributed by atoms with Crippen molar-refractivity contribution in [1.29, 1.82) is 0 Å². The Bertz CT molecular complexity index is 2340. The van der Waals surface area contributed by atoms with Gasteiger partial charge in [-0.05, 0) is 78.1 Å². The molecule has 2 fully saturated rings. The molecule has 0 aromatic carbocycles. The summed E-state index contributed by atoms with van der Waals surface area (Å²) in [5, 5.41) is 52.8. The second-order valence-corrected chi connectivity index (χ2v) is 23.1. The third kappa shape index (κ3) is 24.1. The number of carbonyl (C=O) groups excluding carboxylic acids is 12. The maximum atomic E-state index is 14.7. The van der Waals surface area contributed by atoms with E-state index in [1.807, 2.05) is 6.92 Å². The van der Waals surface area contributed by atoms with Crippen LogP contribution in [0.15, 0.2) is 11.8 Å². The number of alkyl halides is 1. The van der Waals surface area contributed by atoms with Crippen LogP contribution >= 0.6 is 11.6 Å². The minimum absolute atomic E-state index is 0.0403. The number of fused-ring (bicyclic) bond motifs is 1. The van der Waals surface area contributed by atoms with Gasteiger partial charge < -0.3 is 83.9 Å². The lowest BCUT2D eigenvalue weighted by molar-refractivity contribution is -0.151. The summed E-state index contributed by atoms with van der Waals surface area (Å²) < 4.78 is 5.40. The highest BCUT2D eigenvalue weighted by atomic mass is 35.5. The maximum Gasteiger partial charge on any atom is 0.268 e. The van der Waals surface area contributed by atoms with Crippen molar-refractivity contribution in [3.05, 3.63) is 11.8 Å². The molecule has 0 spiro atoms. The van der Waals surface area contributed by atoms with Gasteiger partial charge in [0.1, 0.15) is 48.0 Å². The number of nitrogens with zero attached hydrogens (tertiary/aromatic N) is 2. The van der Waals surface area contributed by atoms with Crippen molar-refractivity contribution in [2.24, 2.45) is 23.3 Å². The van der Waals surface area contributed by atoms with E-state index in [1.165, 1.54) is 28.0 Å². The normalized spacial score (nSPS) is 26.9. The third-order valence-electron chi connectivity index (χ3n) is 15.3. The first kappa shape index (κ1) is 74.6. The number of aliphatic hydroxyl groups is 3. The van der Waals surface area contributed by atoms with E-state index in [2.05, 4.69) is 42.5 Å². The number of nitrogens with two attached hydrogens (primary N) is 2. The van der Waals surface area contributed by atoms with Gasteiger partial charge in [-0.2, -0.15) is 0 Å². The Kier molecular flexibility index (Phi) is 32.6. The van der Waals surface area contributed by atoms with E-state index in [0.717, 1.165) is 81.1 Å². The minimum atomic E-state index is -2.02. The molecule has 14 atom stereocenters. The van der Waals surface area contributed by atoms with Crippen molar-refractivity contribution in [3.63, 3.8) is 0 Å². The number of halogens is 1. The second kappa shape index (κ2) is 37.2. The Morgan fingerprint density at radius 2 is 1.27 bits per heavy atom. The Balaban J connectivity index is 2.76. The molecular formula is C56H95ClN12O16. The third-order valence-corrected chi connectivity index (χ3v) is 15.8. The highest BCUT2D eigenvalue weighted by Gasteiger charge is 2.44. The molecule has 2 saturated heterocycles. The standard InChI is InChI=1S/C56H95ClN12O16/c1-11-34(57)22-19-17-15-13-14-16-18-21-30(5)43-47(75)54(82)64-42(29(3)4)51(79)61-35(12-2)49(77)66-45(32(7)71)53(81)67-44(31(6)70)52(80)62-36(24-25-39(58)72)48(76)60-28-41(74)63-46(33(8)85-10)56(84)68(9)38(27-40(59)73)55(83)69-26-20-23-37(69)50(78)65-43/h12,29-34,36-38,42-47,70-71,75H,11,13-28H2,1-10H3,(H2,58,72)(H2,59,73)(H,60,76)(H,61,79)(H,62,80)(H,63,74)(H,64,82)(H,65,78)(H,66,77)(H,67,81)/b35-12+/t30-,31-,32-,33-,34-,36+,37-,38+,42+,43+,44+,45+,46+,47-/m0/s1. The first-order chi connectivity index (χ1) is 39.9. The van der Waals surface area contributed by atoms with Gasteiger partial charge in [-0.15, -0.1) is 11.6 Å². The zero-order valence-corrected chi connectivity index (χ0v) is 51.6. The topological polar surface area (TPSA) is 430 Å². The number of nitrogens with one attached hydrogen (secondary N) is 8. The van der Waals surface area contributed by atoms with Crippen LogP contribution in [-0.2, 0) is 62.3 Å². The average Bonchev–Trinajstić information content (AvgIpc) is 3.90. The smallest absolute Gasteiger partial charge is 0.268 e. The SMILES string of the molecule is C/C=C1/NC(=O)[C@@H](C(C)C)NC(=O)[C@@H](O)[C@@H]([C@@H](C)CCCCCCCCC[C@@H](Cl)CC)NC(=O)[C@@H]2CCCN2C(=O)[C@@H](CC(N)=O)N(C)C(=O)[C@@H]([C@H](C)OC)NC(=O)CNC(=O)[C@@H](CCC(N)=O)NC(=O)[C@@H]([C@H](C)O)NC(=O)[C@@H]([C@H](C)O)NC1=O. The van der Waals surface area contributed by atoms with Gasteiger partial charge in [0.2, 0.25) is 59.1 Å². The monoisotopic (exact) mass is 1230 g/mol. The molecule has 85 heavy (non-hydrogen) atoms. The fourth-order valence-corrected chi connectivity index (χ4v) is 10.0. The van der Waals surface area contributed by atoms with Crippen LogP contribution in [0.3, 0.4) is 0 Å². The minimum Gasteiger partial charge on any atom is -0.391 e. The van der Waals surface area contributed by atoms with E-state index in [-0.39, 0.29) is 24.8 Å². The lowest BCUT2D eigenvalue weighted by Gasteiger charge is -2.36. The van der Waals surface area contributed by atoms with E-state index in [1.54, 1.807) is 20.8 Å². The van der Waals surface area contributed by atoms with Crippen molar-refractivity contribution >= 4 is 82.5 Å². The summed E-state index contributed by atoms with van der Waals surface area (Å²) in [6.45, 7) is 10.9. The van der Waals surface area contributed by atoms with Gasteiger partial charge in [0.05, 0.1) is 37.3 Å². The molecule has 2 heterocycles. The Morgan fingerprint density at radius 1 is 0.706 bits per heavy atom. The zero-order valence-electron chi connectivity index (χ0n) is 50.8. The van der Waals surface area contributed by atoms with E-state index in [9.17, 15) is 72.9 Å². The molecule has 28 nitrogen and oxygen atoms in total. The second-order valence-electron chi connectivity index (χ2n) is 22.4. The molecule has 482 valence electrons. The van der Waals surface area contributed by atoms with Crippen LogP contribution in [0.5, 0.6) is 0 Å². The fourth-order valence-electron chi connectivity index (χ4n) is 9.87. The van der Waals surface area contributed by atoms with Crippen LogP contribution in [0.25, 0.3) is 0 Å². The number of hydrogen-bond acceptors (Lipinski definition) is 16. The molecule has 2 aliphatic rings. The molecule has 0 aromatic heterocycles. The average molecular weight is 1230 g/mol. The van der Waals surface area contributed by atoms with Crippen LogP contribution in [-0.4, -0.2) is 201 Å². The van der Waals surface area contributed by atoms with Crippen LogP contribution in [0.1, 0.15) is 152 Å². The van der Waals surface area contributed by atoms with Gasteiger partial charge in [0, 0.05) is 32.5 Å². The Hall–Kier alpha value is -6.49. The summed E-state index contributed by atoms with van der Waals surface area (Å²) >= 11 is 6.28. The summed E-state index contributed by atoms with van der Waals surface area (Å²) in [4.78, 5) is 167. The fraction of sp³-hybridized carbons (Fsp3) is 0.750. The number of carbonyl (C=O) groups is 12. The molecule has 15 N–H and O–H groups in total. The van der Waals surface area contributed by atoms with Gasteiger partial charge in [0.25, 0.3) is 11.8 Å². The van der Waals surface area contributed by atoms with Gasteiger partial charge in [-0.1, -0.05) is 78.7 Å². The maximum absolute atomic E-state index is 14.7. The van der Waals surface area contributed by atoms with Gasteiger partial charge in [-0.3, -0.25) is 57.5 Å². The molecule has 0 radical (unpaired) electrons. The summed E-state index contributed by atoms with van der Waals surface area (Å²) in [5.74, 6) is -13.7. The van der Waals surface area contributed by atoms with Crippen molar-refractivity contribution < 1.29 is 77.6 Å². The number of likely N-dealkylation sites (N-methyl/N-ethyl adjacent to an activating group) is 1. The summed E-state index contributed by atoms with van der Waals surface area (Å²) in [7, 11) is 2.38. The van der Waals surface area contributed by atoms with E-state index in [0.29, 0.717) is 12.8 Å². The summed E-state index contributed by atoms with van der Waals surface area (Å²) in [6.07, 6.45) is 1.83. The van der Waals surface area contributed by atoms with Gasteiger partial charge in [0.15, 0.2) is 6.10 Å². The molecule has 0 unspecified atom stereocenters. The Labute approximate surface area is 502 Å².